The molecule has 0 spiro atoms. The van der Waals surface area contributed by atoms with Crippen LogP contribution in [0.15, 0.2) is 0 Å². The van der Waals surface area contributed by atoms with Gasteiger partial charge in [0.05, 0.1) is 0 Å². The molecule has 1 aromatic rings. The Morgan fingerprint density at radius 3 is 2.43 bits per heavy atom. The predicted octanol–water partition coefficient (Wildman–Crippen LogP) is -0.379. The van der Waals surface area contributed by atoms with E-state index < -0.39 is 0 Å². The van der Waals surface area contributed by atoms with Gasteiger partial charge < -0.3 is 15.2 Å². The Morgan fingerprint density at radius 2 is 2.29 bits per heavy atom. The van der Waals surface area contributed by atoms with Gasteiger partial charge in [0.25, 0.3) is 6.01 Å². The highest BCUT2D eigenvalue weighted by molar-refractivity contribution is 5.04. The van der Waals surface area contributed by atoms with Crippen molar-refractivity contribution < 1.29 is 10.2 Å². The van der Waals surface area contributed by atoms with Gasteiger partial charge in [0.15, 0.2) is 0 Å². The van der Waals surface area contributed by atoms with E-state index in [1.54, 1.807) is 0 Å². The minimum atomic E-state index is -0.322. The number of H-pyrrole nitrogens is 1. The fraction of sp³-hybridized carbons (Fsp3) is 0. The number of aromatic hydroxyl groups is 2. The number of hydrogen-bond acceptors (Lipinski definition) is 3. The van der Waals surface area contributed by atoms with Crippen molar-refractivity contribution in [3.8, 4) is 11.9 Å². The molecule has 0 aromatic carbocycles. The monoisotopic (exact) mass is 99.0 g/mol. The Morgan fingerprint density at radius 1 is 1.57 bits per heavy atom. The number of nitrogens with zero attached hydrogens (tertiary/aromatic N) is 1. The van der Waals surface area contributed by atoms with Gasteiger partial charge in [-0.3, -0.25) is 0 Å². The van der Waals surface area contributed by atoms with Gasteiger partial charge >= 0.3 is 0 Å². The summed E-state index contributed by atoms with van der Waals surface area (Å²) in [7, 11) is 0. The molecule has 3 N–H and O–H groups in total. The molecule has 0 aliphatic heterocycles. The SMILES string of the molecule is Oc1[c][nH]c(O)n1. The van der Waals surface area contributed by atoms with Crippen LogP contribution in [-0.4, -0.2) is 20.2 Å². The topological polar surface area (TPSA) is 69.1 Å². The molecule has 0 bridgehead atoms. The molecule has 0 unspecified atom stereocenters. The Balaban J connectivity index is 3.04. The minimum absolute atomic E-state index is 0.322. The molecule has 0 saturated carbocycles. The highest BCUT2D eigenvalue weighted by Crippen LogP contribution is 2.04. The van der Waals surface area contributed by atoms with E-state index in [4.69, 9.17) is 10.2 Å². The van der Waals surface area contributed by atoms with E-state index in [0.29, 0.717) is 0 Å². The van der Waals surface area contributed by atoms with Crippen LogP contribution in [0.5, 0.6) is 11.9 Å². The maximum Gasteiger partial charge on any atom is 0.295 e. The van der Waals surface area contributed by atoms with Crippen LogP contribution in [0.3, 0.4) is 0 Å². The van der Waals surface area contributed by atoms with Crippen LogP contribution >= 0.6 is 0 Å². The van der Waals surface area contributed by atoms with E-state index in [-0.39, 0.29) is 11.9 Å². The summed E-state index contributed by atoms with van der Waals surface area (Å²) < 4.78 is 0. The highest BCUT2D eigenvalue weighted by atomic mass is 16.3. The van der Waals surface area contributed by atoms with Gasteiger partial charge in [0.2, 0.25) is 5.88 Å². The number of rotatable bonds is 0. The van der Waals surface area contributed by atoms with Crippen molar-refractivity contribution in [3.05, 3.63) is 6.20 Å². The first-order chi connectivity index (χ1) is 3.29. The van der Waals surface area contributed by atoms with Gasteiger partial charge in [-0.2, -0.15) is 4.98 Å². The maximum absolute atomic E-state index is 8.30. The predicted molar refractivity (Wildman–Crippen MR) is 20.8 cm³/mol. The first-order valence-electron chi connectivity index (χ1n) is 1.64. The third-order valence-corrected chi connectivity index (χ3v) is 0.498. The summed E-state index contributed by atoms with van der Waals surface area (Å²) >= 11 is 0. The third kappa shape index (κ3) is 0.623. The summed E-state index contributed by atoms with van der Waals surface area (Å²) in [6.07, 6.45) is 2.14. The normalized spacial score (nSPS) is 9.14. The van der Waals surface area contributed by atoms with E-state index in [9.17, 15) is 0 Å². The molecule has 0 atom stereocenters. The van der Waals surface area contributed by atoms with Crippen molar-refractivity contribution in [2.75, 3.05) is 0 Å². The molecule has 7 heavy (non-hydrogen) atoms. The minimum Gasteiger partial charge on any atom is -0.492 e. The molecule has 1 radical (unpaired) electrons. The van der Waals surface area contributed by atoms with Crippen LogP contribution in [0.2, 0.25) is 0 Å². The zero-order valence-corrected chi connectivity index (χ0v) is 3.34. The molecule has 0 fully saturated rings. The van der Waals surface area contributed by atoms with Gasteiger partial charge in [-0.15, -0.1) is 0 Å². The molecule has 1 aromatic heterocycles. The summed E-state index contributed by atoms with van der Waals surface area (Å²) in [5.74, 6) is -0.322. The smallest absolute Gasteiger partial charge is 0.295 e. The molecule has 0 amide bonds. The summed E-state index contributed by atoms with van der Waals surface area (Å²) in [5.41, 5.74) is 0. The summed E-state index contributed by atoms with van der Waals surface area (Å²) in [4.78, 5) is 5.25. The zero-order chi connectivity index (χ0) is 5.28. The third-order valence-electron chi connectivity index (χ3n) is 0.498. The van der Waals surface area contributed by atoms with Crippen LogP contribution in [0.4, 0.5) is 0 Å². The summed E-state index contributed by atoms with van der Waals surface area (Å²) in [6.45, 7) is 0. The number of aromatic nitrogens is 2. The van der Waals surface area contributed by atoms with E-state index in [0.717, 1.165) is 0 Å². The van der Waals surface area contributed by atoms with Crippen molar-refractivity contribution in [2.45, 2.75) is 0 Å². The maximum atomic E-state index is 8.30. The van der Waals surface area contributed by atoms with Crippen molar-refractivity contribution >= 4 is 0 Å². The zero-order valence-electron chi connectivity index (χ0n) is 3.34. The van der Waals surface area contributed by atoms with Gasteiger partial charge in [0, 0.05) is 0 Å². The molecule has 1 heterocycles. The number of imidazole rings is 1. The van der Waals surface area contributed by atoms with Crippen molar-refractivity contribution in [3.63, 3.8) is 0 Å². The highest BCUT2D eigenvalue weighted by Gasteiger charge is 1.91. The molecule has 0 aliphatic carbocycles. The van der Waals surface area contributed by atoms with Gasteiger partial charge in [-0.25, -0.2) is 0 Å². The van der Waals surface area contributed by atoms with E-state index >= 15 is 0 Å². The molecule has 1 rings (SSSR count). The van der Waals surface area contributed by atoms with Crippen molar-refractivity contribution in [1.82, 2.24) is 9.97 Å². The molecule has 37 valence electrons. The molecular weight excluding hydrogens is 96.0 g/mol. The fourth-order valence-electron chi connectivity index (χ4n) is 0.268. The Bertz CT molecular complexity index is 143. The quantitative estimate of drug-likeness (QED) is 0.415. The Kier molecular flexibility index (Phi) is 0.651. The summed E-state index contributed by atoms with van der Waals surface area (Å²) in [5, 5.41) is 16.6. The van der Waals surface area contributed by atoms with E-state index in [1.165, 1.54) is 0 Å². The van der Waals surface area contributed by atoms with Crippen molar-refractivity contribution in [2.24, 2.45) is 0 Å². The average molecular weight is 99.1 g/mol. The largest absolute Gasteiger partial charge is 0.492 e. The average Bonchev–Trinajstić information content (AvgIpc) is 1.87. The standard InChI is InChI=1S/C3H3N2O2/c6-2-1-4-3(7)5-2/h6H,(H2,4,5,7). The first-order valence-corrected chi connectivity index (χ1v) is 1.64. The van der Waals surface area contributed by atoms with E-state index in [2.05, 4.69) is 16.2 Å². The van der Waals surface area contributed by atoms with Crippen LogP contribution in [0, 0.1) is 6.20 Å². The molecule has 4 nitrogen and oxygen atoms in total. The molecule has 0 saturated heterocycles. The second-order valence-corrected chi connectivity index (χ2v) is 1.01. The lowest BCUT2D eigenvalue weighted by molar-refractivity contribution is 0.417. The molecular formula is C3H3N2O2. The second kappa shape index (κ2) is 1.14. The summed E-state index contributed by atoms with van der Waals surface area (Å²) in [6, 6.07) is -0.322. The number of aromatic amines is 1. The lowest BCUT2D eigenvalue weighted by Crippen LogP contribution is -1.59. The van der Waals surface area contributed by atoms with Gasteiger partial charge in [-0.1, -0.05) is 0 Å². The van der Waals surface area contributed by atoms with E-state index in [1.807, 2.05) is 0 Å². The van der Waals surface area contributed by atoms with Crippen LogP contribution in [0.1, 0.15) is 0 Å². The lowest BCUT2D eigenvalue weighted by Gasteiger charge is -1.70. The number of hydrogen-bond donors (Lipinski definition) is 3. The lowest BCUT2D eigenvalue weighted by atomic mass is 10.9. The van der Waals surface area contributed by atoms with Crippen molar-refractivity contribution in [1.29, 1.82) is 0 Å². The fourth-order valence-corrected chi connectivity index (χ4v) is 0.268. The van der Waals surface area contributed by atoms with Crippen LogP contribution in [-0.2, 0) is 0 Å². The van der Waals surface area contributed by atoms with Gasteiger partial charge in [-0.05, 0) is 0 Å². The Hall–Kier alpha value is -1.19. The Labute approximate surface area is 39.4 Å². The van der Waals surface area contributed by atoms with Gasteiger partial charge in [0.1, 0.15) is 6.20 Å². The number of nitrogens with one attached hydrogen (secondary N) is 1. The van der Waals surface area contributed by atoms with Crippen LogP contribution in [0.25, 0.3) is 0 Å². The molecule has 0 aliphatic rings. The first kappa shape index (κ1) is 3.98. The second-order valence-electron chi connectivity index (χ2n) is 1.01. The molecule has 4 heteroatoms. The van der Waals surface area contributed by atoms with Crippen LogP contribution < -0.4 is 0 Å².